The first-order valence-electron chi connectivity index (χ1n) is 6.04. The molecule has 0 spiro atoms. The number of benzene rings is 1. The van der Waals surface area contributed by atoms with Crippen molar-refractivity contribution >= 4 is 5.69 Å². The predicted molar refractivity (Wildman–Crippen MR) is 73.1 cm³/mol. The van der Waals surface area contributed by atoms with Crippen molar-refractivity contribution in [3.05, 3.63) is 27.8 Å². The van der Waals surface area contributed by atoms with Gasteiger partial charge in [-0.1, -0.05) is 0 Å². The Kier molecular flexibility index (Phi) is 5.57. The molecule has 0 heterocycles. The Bertz CT molecular complexity index is 447. The molecule has 0 aliphatic heterocycles. The normalized spacial score (nSPS) is 10.6. The molecule has 1 rings (SSSR count). The van der Waals surface area contributed by atoms with Gasteiger partial charge in [-0.15, -0.1) is 0 Å². The van der Waals surface area contributed by atoms with Gasteiger partial charge < -0.3 is 14.4 Å². The molecule has 1 aromatic rings. The summed E-state index contributed by atoms with van der Waals surface area (Å²) in [5.74, 6) is 0.570. The summed E-state index contributed by atoms with van der Waals surface area (Å²) < 4.78 is 10.2. The van der Waals surface area contributed by atoms with E-state index in [1.807, 2.05) is 19.0 Å². The van der Waals surface area contributed by atoms with E-state index in [1.54, 1.807) is 12.1 Å². The minimum Gasteiger partial charge on any atom is -0.493 e. The lowest BCUT2D eigenvalue weighted by molar-refractivity contribution is -0.386. The van der Waals surface area contributed by atoms with Crippen molar-refractivity contribution in [2.24, 2.45) is 0 Å². The number of nitrogens with zero attached hydrogens (tertiary/aromatic N) is 2. The van der Waals surface area contributed by atoms with E-state index in [4.69, 9.17) is 9.47 Å². The Morgan fingerprint density at radius 3 is 2.42 bits per heavy atom. The quantitative estimate of drug-likeness (QED) is 0.559. The number of ether oxygens (including phenoxy) is 2. The molecule has 0 unspecified atom stereocenters. The second-order valence-corrected chi connectivity index (χ2v) is 4.47. The van der Waals surface area contributed by atoms with E-state index < -0.39 is 4.92 Å². The largest absolute Gasteiger partial charge is 0.493 e. The van der Waals surface area contributed by atoms with Gasteiger partial charge in [0.25, 0.3) is 0 Å². The number of nitro benzene ring substituents is 1. The third-order valence-electron chi connectivity index (χ3n) is 2.84. The Hall–Kier alpha value is -1.82. The van der Waals surface area contributed by atoms with Gasteiger partial charge in [-0.05, 0) is 45.6 Å². The number of methoxy groups -OCH3 is 2. The lowest BCUT2D eigenvalue weighted by atomic mass is 10.1. The molecule has 0 radical (unpaired) electrons. The Morgan fingerprint density at radius 2 is 1.95 bits per heavy atom. The molecule has 6 heteroatoms. The van der Waals surface area contributed by atoms with Crippen LogP contribution in [0.15, 0.2) is 12.1 Å². The molecule has 0 bridgehead atoms. The fraction of sp³-hybridized carbons (Fsp3) is 0.538. The Morgan fingerprint density at radius 1 is 1.26 bits per heavy atom. The monoisotopic (exact) mass is 268 g/mol. The summed E-state index contributed by atoms with van der Waals surface area (Å²) in [7, 11) is 6.83. The van der Waals surface area contributed by atoms with E-state index in [0.29, 0.717) is 17.7 Å². The van der Waals surface area contributed by atoms with Crippen LogP contribution in [0.2, 0.25) is 0 Å². The average molecular weight is 268 g/mol. The zero-order chi connectivity index (χ0) is 14.4. The molecule has 0 saturated carbocycles. The van der Waals surface area contributed by atoms with Crippen LogP contribution in [-0.2, 0) is 6.42 Å². The van der Waals surface area contributed by atoms with E-state index in [2.05, 4.69) is 0 Å². The van der Waals surface area contributed by atoms with Gasteiger partial charge in [-0.3, -0.25) is 10.1 Å². The summed E-state index contributed by atoms with van der Waals surface area (Å²) in [6.07, 6.45) is 1.48. The second kappa shape index (κ2) is 6.94. The van der Waals surface area contributed by atoms with Gasteiger partial charge in [0.15, 0.2) is 5.75 Å². The number of nitro groups is 1. The number of rotatable bonds is 7. The first-order valence-corrected chi connectivity index (χ1v) is 6.04. The topological polar surface area (TPSA) is 64.8 Å². The predicted octanol–water partition coefficient (Wildman–Crippen LogP) is 2.11. The van der Waals surface area contributed by atoms with Crippen LogP contribution >= 0.6 is 0 Å². The van der Waals surface area contributed by atoms with Crippen LogP contribution in [0.3, 0.4) is 0 Å². The molecule has 19 heavy (non-hydrogen) atoms. The van der Waals surface area contributed by atoms with Crippen LogP contribution in [0.1, 0.15) is 12.0 Å². The van der Waals surface area contributed by atoms with Crippen molar-refractivity contribution in [2.45, 2.75) is 12.8 Å². The van der Waals surface area contributed by atoms with Crippen LogP contribution in [0.4, 0.5) is 5.69 Å². The fourth-order valence-electron chi connectivity index (χ4n) is 1.94. The standard InChI is InChI=1S/C13H20N2O4/c1-14(2)9-5-6-10-7-8-11(18-3)13(19-4)12(10)15(16)17/h7-8H,5-6,9H2,1-4H3. The van der Waals surface area contributed by atoms with E-state index in [-0.39, 0.29) is 11.4 Å². The van der Waals surface area contributed by atoms with Crippen molar-refractivity contribution in [2.75, 3.05) is 34.9 Å². The molecule has 0 aliphatic rings. The smallest absolute Gasteiger partial charge is 0.318 e. The zero-order valence-corrected chi connectivity index (χ0v) is 11.8. The lowest BCUT2D eigenvalue weighted by Gasteiger charge is -2.12. The second-order valence-electron chi connectivity index (χ2n) is 4.47. The summed E-state index contributed by atoms with van der Waals surface area (Å²) in [6, 6.07) is 3.44. The summed E-state index contributed by atoms with van der Waals surface area (Å²) >= 11 is 0. The molecule has 0 atom stereocenters. The SMILES string of the molecule is COc1ccc(CCCN(C)C)c([N+](=O)[O-])c1OC. The van der Waals surface area contributed by atoms with Crippen LogP contribution in [0.25, 0.3) is 0 Å². The third-order valence-corrected chi connectivity index (χ3v) is 2.84. The highest BCUT2D eigenvalue weighted by Crippen LogP contribution is 2.39. The molecule has 1 aromatic carbocycles. The van der Waals surface area contributed by atoms with Crippen LogP contribution in [-0.4, -0.2) is 44.7 Å². The molecule has 106 valence electrons. The van der Waals surface area contributed by atoms with E-state index in [0.717, 1.165) is 13.0 Å². The third kappa shape index (κ3) is 3.82. The van der Waals surface area contributed by atoms with Crippen molar-refractivity contribution in [3.63, 3.8) is 0 Å². The molecule has 0 saturated heterocycles. The minimum atomic E-state index is -0.410. The van der Waals surface area contributed by atoms with Gasteiger partial charge >= 0.3 is 5.69 Å². The highest BCUT2D eigenvalue weighted by Gasteiger charge is 2.24. The first kappa shape index (κ1) is 15.2. The average Bonchev–Trinajstić information content (AvgIpc) is 2.37. The Labute approximate surface area is 113 Å². The molecule has 0 aliphatic carbocycles. The van der Waals surface area contributed by atoms with Crippen LogP contribution in [0, 0.1) is 10.1 Å². The van der Waals surface area contributed by atoms with Gasteiger partial charge in [-0.2, -0.15) is 0 Å². The summed E-state index contributed by atoms with van der Waals surface area (Å²) in [6.45, 7) is 0.880. The molecule has 0 N–H and O–H groups in total. The molecule has 0 aromatic heterocycles. The van der Waals surface area contributed by atoms with Gasteiger partial charge in [0.2, 0.25) is 5.75 Å². The summed E-state index contributed by atoms with van der Waals surface area (Å²) in [4.78, 5) is 12.9. The highest BCUT2D eigenvalue weighted by molar-refractivity contribution is 5.60. The summed E-state index contributed by atoms with van der Waals surface area (Å²) in [5.41, 5.74) is 0.671. The molecule has 0 fully saturated rings. The van der Waals surface area contributed by atoms with E-state index in [1.165, 1.54) is 14.2 Å². The maximum absolute atomic E-state index is 11.2. The first-order chi connectivity index (χ1) is 9.01. The maximum Gasteiger partial charge on any atom is 0.318 e. The molecular formula is C13H20N2O4. The van der Waals surface area contributed by atoms with Crippen molar-refractivity contribution in [3.8, 4) is 11.5 Å². The lowest BCUT2D eigenvalue weighted by Crippen LogP contribution is -2.13. The van der Waals surface area contributed by atoms with Crippen LogP contribution < -0.4 is 9.47 Å². The van der Waals surface area contributed by atoms with Gasteiger partial charge in [0, 0.05) is 5.56 Å². The summed E-state index contributed by atoms with van der Waals surface area (Å²) in [5, 5.41) is 11.2. The number of hydrogen-bond acceptors (Lipinski definition) is 5. The molecule has 0 amide bonds. The van der Waals surface area contributed by atoms with Gasteiger partial charge in [0.1, 0.15) is 0 Å². The Balaban J connectivity index is 3.06. The molecular weight excluding hydrogens is 248 g/mol. The van der Waals surface area contributed by atoms with E-state index >= 15 is 0 Å². The fourth-order valence-corrected chi connectivity index (χ4v) is 1.94. The van der Waals surface area contributed by atoms with Crippen molar-refractivity contribution in [1.82, 2.24) is 4.90 Å². The number of hydrogen-bond donors (Lipinski definition) is 0. The minimum absolute atomic E-state index is 0.000561. The zero-order valence-electron chi connectivity index (χ0n) is 11.8. The van der Waals surface area contributed by atoms with E-state index in [9.17, 15) is 10.1 Å². The van der Waals surface area contributed by atoms with Gasteiger partial charge in [0.05, 0.1) is 19.1 Å². The van der Waals surface area contributed by atoms with Crippen molar-refractivity contribution in [1.29, 1.82) is 0 Å². The number of aryl methyl sites for hydroxylation is 1. The highest BCUT2D eigenvalue weighted by atomic mass is 16.6. The maximum atomic E-state index is 11.2. The molecule has 6 nitrogen and oxygen atoms in total. The van der Waals surface area contributed by atoms with Crippen LogP contribution in [0.5, 0.6) is 11.5 Å². The van der Waals surface area contributed by atoms with Gasteiger partial charge in [-0.25, -0.2) is 0 Å². The van der Waals surface area contributed by atoms with Crippen molar-refractivity contribution < 1.29 is 14.4 Å².